The first kappa shape index (κ1) is 17.0. The van der Waals surface area contributed by atoms with Gasteiger partial charge in [0.25, 0.3) is 0 Å². The lowest BCUT2D eigenvalue weighted by Crippen LogP contribution is -2.38. The number of nitrogens with one attached hydrogen (secondary N) is 1. The van der Waals surface area contributed by atoms with Crippen LogP contribution in [0, 0.1) is 0 Å². The van der Waals surface area contributed by atoms with Crippen molar-refractivity contribution in [3.05, 3.63) is 35.4 Å². The number of rotatable bonds is 6. The highest BCUT2D eigenvalue weighted by atomic mass is 19.4. The molecule has 0 aliphatic heterocycles. The number of benzene rings is 1. The van der Waals surface area contributed by atoms with Crippen LogP contribution in [0.3, 0.4) is 0 Å². The zero-order valence-corrected chi connectivity index (χ0v) is 12.3. The minimum atomic E-state index is -4.31. The molecule has 0 aromatic heterocycles. The second-order valence-corrected chi connectivity index (χ2v) is 5.42. The Bertz CT molecular complexity index is 429. The Morgan fingerprint density at radius 1 is 1.25 bits per heavy atom. The van der Waals surface area contributed by atoms with Crippen molar-refractivity contribution in [3.63, 3.8) is 0 Å². The highest BCUT2D eigenvalue weighted by Gasteiger charge is 2.30. The summed E-state index contributed by atoms with van der Waals surface area (Å²) in [4.78, 5) is 0. The molecule has 5 heteroatoms. The lowest BCUT2D eigenvalue weighted by atomic mass is 10.0. The molecule has 0 aliphatic rings. The summed E-state index contributed by atoms with van der Waals surface area (Å²) >= 11 is 0. The van der Waals surface area contributed by atoms with E-state index in [-0.39, 0.29) is 11.6 Å². The van der Waals surface area contributed by atoms with Crippen LogP contribution in [0.1, 0.15) is 44.9 Å². The van der Waals surface area contributed by atoms with E-state index in [0.717, 1.165) is 6.07 Å². The second-order valence-electron chi connectivity index (χ2n) is 5.42. The Balaban J connectivity index is 2.71. The molecular formula is C15H22F3NO. The molecule has 0 amide bonds. The molecule has 0 heterocycles. The van der Waals surface area contributed by atoms with E-state index in [2.05, 4.69) is 5.32 Å². The van der Waals surface area contributed by atoms with E-state index in [0.29, 0.717) is 18.7 Å². The summed E-state index contributed by atoms with van der Waals surface area (Å²) in [5.74, 6) is 0. The normalized spacial score (nSPS) is 14.3. The third-order valence-electron chi connectivity index (χ3n) is 3.08. The third-order valence-corrected chi connectivity index (χ3v) is 3.08. The molecule has 1 atom stereocenters. The first-order chi connectivity index (χ1) is 9.15. The third kappa shape index (κ3) is 5.13. The zero-order chi connectivity index (χ0) is 15.4. The molecule has 1 aromatic carbocycles. The van der Waals surface area contributed by atoms with Crippen molar-refractivity contribution in [2.75, 3.05) is 13.2 Å². The molecule has 114 valence electrons. The molecule has 2 nitrogen and oxygen atoms in total. The Labute approximate surface area is 118 Å². The van der Waals surface area contributed by atoms with Crippen molar-refractivity contribution in [1.29, 1.82) is 0 Å². The molecular weight excluding hydrogens is 267 g/mol. The highest BCUT2D eigenvalue weighted by Crippen LogP contribution is 2.30. The molecule has 0 saturated carbocycles. The lowest BCUT2D eigenvalue weighted by Gasteiger charge is -2.27. The van der Waals surface area contributed by atoms with Crippen LogP contribution in [0.25, 0.3) is 0 Å². The number of alkyl halides is 3. The highest BCUT2D eigenvalue weighted by molar-refractivity contribution is 5.27. The Morgan fingerprint density at radius 2 is 1.90 bits per heavy atom. The van der Waals surface area contributed by atoms with Crippen molar-refractivity contribution in [1.82, 2.24) is 5.32 Å². The summed E-state index contributed by atoms with van der Waals surface area (Å²) in [6, 6.07) is 5.23. The number of ether oxygens (including phenoxy) is 1. The van der Waals surface area contributed by atoms with Crippen molar-refractivity contribution < 1.29 is 17.9 Å². The van der Waals surface area contributed by atoms with Gasteiger partial charge in [-0.05, 0) is 45.4 Å². The molecule has 20 heavy (non-hydrogen) atoms. The van der Waals surface area contributed by atoms with E-state index < -0.39 is 11.7 Å². The number of halogens is 3. The topological polar surface area (TPSA) is 21.3 Å². The molecule has 0 spiro atoms. The minimum Gasteiger partial charge on any atom is -0.375 e. The summed E-state index contributed by atoms with van der Waals surface area (Å²) in [5.41, 5.74) is -0.343. The van der Waals surface area contributed by atoms with Gasteiger partial charge in [0, 0.05) is 19.2 Å². The van der Waals surface area contributed by atoms with Crippen LogP contribution in [0.4, 0.5) is 13.2 Å². The van der Waals surface area contributed by atoms with Gasteiger partial charge in [0.15, 0.2) is 0 Å². The lowest BCUT2D eigenvalue weighted by molar-refractivity contribution is -0.137. The monoisotopic (exact) mass is 289 g/mol. The van der Waals surface area contributed by atoms with E-state index >= 15 is 0 Å². The van der Waals surface area contributed by atoms with E-state index in [1.807, 2.05) is 27.7 Å². The Hall–Kier alpha value is -1.07. The quantitative estimate of drug-likeness (QED) is 0.848. The van der Waals surface area contributed by atoms with Crippen LogP contribution in [-0.4, -0.2) is 18.8 Å². The van der Waals surface area contributed by atoms with Gasteiger partial charge in [-0.2, -0.15) is 13.2 Å². The van der Waals surface area contributed by atoms with Gasteiger partial charge in [0.1, 0.15) is 0 Å². The Kier molecular flexibility index (Phi) is 5.59. The van der Waals surface area contributed by atoms with Gasteiger partial charge >= 0.3 is 6.18 Å². The second kappa shape index (κ2) is 6.59. The van der Waals surface area contributed by atoms with Crippen LogP contribution in [0.5, 0.6) is 0 Å². The minimum absolute atomic E-state index is 0.169. The number of hydrogen-bond donors (Lipinski definition) is 1. The summed E-state index contributed by atoms with van der Waals surface area (Å²) in [6.07, 6.45) is -4.31. The van der Waals surface area contributed by atoms with E-state index in [1.54, 1.807) is 6.07 Å². The molecule has 0 fully saturated rings. The van der Waals surface area contributed by atoms with Crippen LogP contribution in [0.15, 0.2) is 24.3 Å². The van der Waals surface area contributed by atoms with Crippen LogP contribution >= 0.6 is 0 Å². The Morgan fingerprint density at radius 3 is 2.45 bits per heavy atom. The molecule has 1 rings (SSSR count). The summed E-state index contributed by atoms with van der Waals surface area (Å²) < 4.78 is 43.6. The summed E-state index contributed by atoms with van der Waals surface area (Å²) in [5, 5.41) is 3.21. The van der Waals surface area contributed by atoms with Gasteiger partial charge in [0.05, 0.1) is 11.2 Å². The first-order valence-electron chi connectivity index (χ1n) is 6.70. The molecule has 0 bridgehead atoms. The largest absolute Gasteiger partial charge is 0.416 e. The fourth-order valence-electron chi connectivity index (χ4n) is 1.94. The fraction of sp³-hybridized carbons (Fsp3) is 0.600. The van der Waals surface area contributed by atoms with Crippen LogP contribution < -0.4 is 5.32 Å². The maximum Gasteiger partial charge on any atom is 0.416 e. The van der Waals surface area contributed by atoms with Gasteiger partial charge in [-0.15, -0.1) is 0 Å². The maximum absolute atomic E-state index is 12.7. The van der Waals surface area contributed by atoms with Crippen molar-refractivity contribution >= 4 is 0 Å². The van der Waals surface area contributed by atoms with Crippen molar-refractivity contribution in [3.8, 4) is 0 Å². The van der Waals surface area contributed by atoms with E-state index in [1.165, 1.54) is 12.1 Å². The molecule has 0 aliphatic carbocycles. The van der Waals surface area contributed by atoms with Gasteiger partial charge in [-0.1, -0.05) is 12.1 Å². The predicted molar refractivity (Wildman–Crippen MR) is 73.6 cm³/mol. The van der Waals surface area contributed by atoms with Crippen molar-refractivity contribution in [2.45, 2.75) is 45.5 Å². The summed E-state index contributed by atoms with van der Waals surface area (Å²) in [6.45, 7) is 8.82. The van der Waals surface area contributed by atoms with Crippen LogP contribution in [0.2, 0.25) is 0 Å². The van der Waals surface area contributed by atoms with Gasteiger partial charge in [0.2, 0.25) is 0 Å². The maximum atomic E-state index is 12.7. The van der Waals surface area contributed by atoms with Gasteiger partial charge in [-0.25, -0.2) is 0 Å². The van der Waals surface area contributed by atoms with Crippen molar-refractivity contribution in [2.24, 2.45) is 0 Å². The molecule has 1 unspecified atom stereocenters. The molecule has 0 radical (unpaired) electrons. The predicted octanol–water partition coefficient (Wildman–Crippen LogP) is 4.17. The SMILES string of the molecule is CCOC(C)(C)CNC(C)c1cccc(C(F)(F)F)c1. The first-order valence-corrected chi connectivity index (χ1v) is 6.70. The fourth-order valence-corrected chi connectivity index (χ4v) is 1.94. The van der Waals surface area contributed by atoms with Gasteiger partial charge in [-0.3, -0.25) is 0 Å². The molecule has 1 aromatic rings. The average molecular weight is 289 g/mol. The molecule has 1 N–H and O–H groups in total. The summed E-state index contributed by atoms with van der Waals surface area (Å²) in [7, 11) is 0. The van der Waals surface area contributed by atoms with Gasteiger partial charge < -0.3 is 10.1 Å². The zero-order valence-electron chi connectivity index (χ0n) is 12.3. The molecule has 0 saturated heterocycles. The van der Waals surface area contributed by atoms with E-state index in [9.17, 15) is 13.2 Å². The standard InChI is InChI=1S/C15H22F3NO/c1-5-20-14(3,4)10-19-11(2)12-7-6-8-13(9-12)15(16,17)18/h6-9,11,19H,5,10H2,1-4H3. The smallest absolute Gasteiger partial charge is 0.375 e. The number of hydrogen-bond acceptors (Lipinski definition) is 2. The van der Waals surface area contributed by atoms with E-state index in [4.69, 9.17) is 4.74 Å². The van der Waals surface area contributed by atoms with Crippen LogP contribution in [-0.2, 0) is 10.9 Å². The average Bonchev–Trinajstić information content (AvgIpc) is 2.35.